The predicted molar refractivity (Wildman–Crippen MR) is 72.9 cm³/mol. The normalized spacial score (nSPS) is 34.0. The van der Waals surface area contributed by atoms with Crippen LogP contribution >= 0.6 is 23.5 Å². The molecular weight excluding hydrogens is 224 g/mol. The summed E-state index contributed by atoms with van der Waals surface area (Å²) >= 11 is 4.01. The third-order valence-corrected chi connectivity index (χ3v) is 6.64. The molecule has 0 amide bonds. The summed E-state index contributed by atoms with van der Waals surface area (Å²) in [5, 5.41) is 12.0. The molecule has 0 aliphatic carbocycles. The average molecular weight is 248 g/mol. The maximum absolute atomic E-state index is 10.1. The number of aliphatic hydroxyl groups excluding tert-OH is 1. The van der Waals surface area contributed by atoms with E-state index in [2.05, 4.69) is 20.8 Å². The van der Waals surface area contributed by atoms with Crippen LogP contribution in [0.5, 0.6) is 0 Å². The van der Waals surface area contributed by atoms with Gasteiger partial charge >= 0.3 is 0 Å². The van der Waals surface area contributed by atoms with Gasteiger partial charge in [-0.3, -0.25) is 0 Å². The number of hydrogen-bond acceptors (Lipinski definition) is 3. The largest absolute Gasteiger partial charge is 0.392 e. The van der Waals surface area contributed by atoms with Crippen molar-refractivity contribution in [2.24, 2.45) is 0 Å². The second-order valence-electron chi connectivity index (χ2n) is 4.48. The SMILES string of the molecule is CCCCCC(O)C1CSC(C)C(C)S1. The molecule has 0 aromatic heterocycles. The minimum absolute atomic E-state index is 0.0796. The first-order valence-electron chi connectivity index (χ1n) is 6.10. The first kappa shape index (κ1) is 13.7. The fraction of sp³-hybridized carbons (Fsp3) is 1.00. The van der Waals surface area contributed by atoms with E-state index < -0.39 is 0 Å². The Bertz CT molecular complexity index is 175. The van der Waals surface area contributed by atoms with E-state index in [1.54, 1.807) is 0 Å². The van der Waals surface area contributed by atoms with Gasteiger partial charge in [-0.05, 0) is 6.42 Å². The van der Waals surface area contributed by atoms with E-state index in [-0.39, 0.29) is 6.10 Å². The zero-order valence-corrected chi connectivity index (χ0v) is 11.7. The van der Waals surface area contributed by atoms with Gasteiger partial charge in [0.1, 0.15) is 0 Å². The summed E-state index contributed by atoms with van der Waals surface area (Å²) in [6.07, 6.45) is 4.60. The summed E-state index contributed by atoms with van der Waals surface area (Å²) in [6, 6.07) is 0. The van der Waals surface area contributed by atoms with Crippen LogP contribution in [0, 0.1) is 0 Å². The maximum Gasteiger partial charge on any atom is 0.0666 e. The molecule has 90 valence electrons. The van der Waals surface area contributed by atoms with Crippen molar-refractivity contribution in [3.8, 4) is 0 Å². The van der Waals surface area contributed by atoms with Gasteiger partial charge in [-0.2, -0.15) is 23.5 Å². The molecule has 1 aliphatic heterocycles. The molecule has 0 bridgehead atoms. The summed E-state index contributed by atoms with van der Waals surface area (Å²) in [6.45, 7) is 6.79. The molecular formula is C12H24OS2. The van der Waals surface area contributed by atoms with Crippen molar-refractivity contribution in [2.75, 3.05) is 5.75 Å². The van der Waals surface area contributed by atoms with E-state index in [0.29, 0.717) is 10.5 Å². The van der Waals surface area contributed by atoms with Crippen molar-refractivity contribution in [1.82, 2.24) is 0 Å². The summed E-state index contributed by atoms with van der Waals surface area (Å²) < 4.78 is 0. The third kappa shape index (κ3) is 4.58. The summed E-state index contributed by atoms with van der Waals surface area (Å²) in [5.74, 6) is 1.13. The smallest absolute Gasteiger partial charge is 0.0666 e. The molecule has 0 radical (unpaired) electrons. The highest BCUT2D eigenvalue weighted by molar-refractivity contribution is 8.07. The van der Waals surface area contributed by atoms with Crippen molar-refractivity contribution in [3.63, 3.8) is 0 Å². The van der Waals surface area contributed by atoms with Gasteiger partial charge in [0.05, 0.1) is 6.10 Å². The summed E-state index contributed by atoms with van der Waals surface area (Å²) in [5.41, 5.74) is 0. The van der Waals surface area contributed by atoms with Crippen LogP contribution in [0.25, 0.3) is 0 Å². The Hall–Kier alpha value is 0.660. The predicted octanol–water partition coefficient (Wildman–Crippen LogP) is 3.55. The molecule has 1 fully saturated rings. The zero-order valence-electron chi connectivity index (χ0n) is 10.1. The molecule has 0 aromatic rings. The van der Waals surface area contributed by atoms with Crippen LogP contribution in [0.2, 0.25) is 0 Å². The van der Waals surface area contributed by atoms with Crippen molar-refractivity contribution >= 4 is 23.5 Å². The Kier molecular flexibility index (Phi) is 6.48. The first-order chi connectivity index (χ1) is 7.15. The average Bonchev–Trinajstić information content (AvgIpc) is 2.22. The van der Waals surface area contributed by atoms with Crippen molar-refractivity contribution in [3.05, 3.63) is 0 Å². The number of rotatable bonds is 5. The van der Waals surface area contributed by atoms with Crippen LogP contribution in [0.4, 0.5) is 0 Å². The molecule has 1 N–H and O–H groups in total. The van der Waals surface area contributed by atoms with Gasteiger partial charge in [0.25, 0.3) is 0 Å². The van der Waals surface area contributed by atoms with Gasteiger partial charge in [-0.1, -0.05) is 40.0 Å². The molecule has 1 heterocycles. The Morgan fingerprint density at radius 2 is 2.00 bits per heavy atom. The minimum Gasteiger partial charge on any atom is -0.392 e. The molecule has 1 aliphatic rings. The summed E-state index contributed by atoms with van der Waals surface area (Å²) in [4.78, 5) is 0. The number of thioether (sulfide) groups is 2. The van der Waals surface area contributed by atoms with Gasteiger partial charge in [0.15, 0.2) is 0 Å². The molecule has 1 saturated heterocycles. The van der Waals surface area contributed by atoms with E-state index in [0.717, 1.165) is 17.4 Å². The molecule has 1 nitrogen and oxygen atoms in total. The molecule has 0 spiro atoms. The second-order valence-corrected chi connectivity index (χ2v) is 7.51. The van der Waals surface area contributed by atoms with Crippen LogP contribution < -0.4 is 0 Å². The van der Waals surface area contributed by atoms with Crippen LogP contribution in [0.3, 0.4) is 0 Å². The molecule has 0 saturated carbocycles. The van der Waals surface area contributed by atoms with E-state index in [4.69, 9.17) is 0 Å². The van der Waals surface area contributed by atoms with E-state index in [1.165, 1.54) is 19.3 Å². The Balaban J connectivity index is 2.24. The molecule has 4 atom stereocenters. The van der Waals surface area contributed by atoms with E-state index in [9.17, 15) is 5.11 Å². The Morgan fingerprint density at radius 1 is 1.27 bits per heavy atom. The van der Waals surface area contributed by atoms with Gasteiger partial charge in [0, 0.05) is 21.5 Å². The highest BCUT2D eigenvalue weighted by Crippen LogP contribution is 2.37. The van der Waals surface area contributed by atoms with Crippen LogP contribution in [-0.4, -0.2) is 32.7 Å². The third-order valence-electron chi connectivity index (χ3n) is 3.11. The lowest BCUT2D eigenvalue weighted by Crippen LogP contribution is -2.34. The molecule has 4 unspecified atom stereocenters. The molecule has 1 rings (SSSR count). The Labute approximate surface area is 103 Å². The zero-order chi connectivity index (χ0) is 11.3. The van der Waals surface area contributed by atoms with Crippen molar-refractivity contribution in [2.45, 2.75) is 68.3 Å². The fourth-order valence-corrected chi connectivity index (χ4v) is 4.85. The number of aliphatic hydroxyl groups is 1. The highest BCUT2D eigenvalue weighted by Gasteiger charge is 2.29. The van der Waals surface area contributed by atoms with E-state index in [1.807, 2.05) is 23.5 Å². The lowest BCUT2D eigenvalue weighted by atomic mass is 10.1. The number of hydrogen-bond donors (Lipinski definition) is 1. The van der Waals surface area contributed by atoms with Gasteiger partial charge in [-0.25, -0.2) is 0 Å². The monoisotopic (exact) mass is 248 g/mol. The van der Waals surface area contributed by atoms with Crippen LogP contribution in [0.1, 0.15) is 46.5 Å². The van der Waals surface area contributed by atoms with Gasteiger partial charge < -0.3 is 5.11 Å². The summed E-state index contributed by atoms with van der Waals surface area (Å²) in [7, 11) is 0. The Morgan fingerprint density at radius 3 is 2.60 bits per heavy atom. The topological polar surface area (TPSA) is 20.2 Å². The molecule has 3 heteroatoms. The standard InChI is InChI=1S/C12H24OS2/c1-4-5-6-7-11(13)12-8-14-9(2)10(3)15-12/h9-13H,4-8H2,1-3H3. The van der Waals surface area contributed by atoms with Gasteiger partial charge in [-0.15, -0.1) is 0 Å². The fourth-order valence-electron chi connectivity index (χ4n) is 1.80. The lowest BCUT2D eigenvalue weighted by molar-refractivity contribution is 0.163. The van der Waals surface area contributed by atoms with Crippen molar-refractivity contribution < 1.29 is 5.11 Å². The minimum atomic E-state index is -0.0796. The maximum atomic E-state index is 10.1. The van der Waals surface area contributed by atoms with Crippen molar-refractivity contribution in [1.29, 1.82) is 0 Å². The van der Waals surface area contributed by atoms with Gasteiger partial charge in [0.2, 0.25) is 0 Å². The molecule has 15 heavy (non-hydrogen) atoms. The second kappa shape index (κ2) is 7.08. The first-order valence-corrected chi connectivity index (χ1v) is 8.09. The van der Waals surface area contributed by atoms with Crippen LogP contribution in [-0.2, 0) is 0 Å². The molecule has 0 aromatic carbocycles. The highest BCUT2D eigenvalue weighted by atomic mass is 32.2. The number of unbranched alkanes of at least 4 members (excludes halogenated alkanes) is 2. The van der Waals surface area contributed by atoms with E-state index >= 15 is 0 Å². The van der Waals surface area contributed by atoms with Crippen LogP contribution in [0.15, 0.2) is 0 Å². The lowest BCUT2D eigenvalue weighted by Gasteiger charge is -2.33. The quantitative estimate of drug-likeness (QED) is 0.751.